The van der Waals surface area contributed by atoms with E-state index in [-0.39, 0.29) is 11.8 Å². The van der Waals surface area contributed by atoms with Crippen LogP contribution in [0.25, 0.3) is 5.57 Å². The van der Waals surface area contributed by atoms with Crippen molar-refractivity contribution < 1.29 is 18.7 Å². The number of amides is 2. The number of ether oxygens (including phenoxy) is 1. The molecule has 0 spiro atoms. The monoisotopic (exact) mass is 433 g/mol. The van der Waals surface area contributed by atoms with Gasteiger partial charge in [0.05, 0.1) is 29.1 Å². The third kappa shape index (κ3) is 4.75. The molecule has 1 aliphatic heterocycles. The lowest BCUT2D eigenvalue weighted by Gasteiger charge is -2.15. The average molecular weight is 434 g/mol. The molecule has 0 N–H and O–H groups in total. The zero-order valence-corrected chi connectivity index (χ0v) is 18.1. The second-order valence-corrected chi connectivity index (χ2v) is 8.01. The number of rotatable bonds is 9. The SMILES string of the molecule is CCOc1ccc(C2=C(SCc3ccco3)C(=O)N(CCc3ccccc3)C2=O)cc1. The number of nitrogens with zero attached hydrogens (tertiary/aromatic N) is 1. The molecule has 0 atom stereocenters. The van der Waals surface area contributed by atoms with Crippen molar-refractivity contribution in [3.8, 4) is 5.75 Å². The molecule has 0 fully saturated rings. The molecule has 6 heteroatoms. The lowest BCUT2D eigenvalue weighted by Crippen LogP contribution is -2.33. The molecular weight excluding hydrogens is 410 g/mol. The van der Waals surface area contributed by atoms with E-state index in [2.05, 4.69) is 0 Å². The summed E-state index contributed by atoms with van der Waals surface area (Å²) in [5.41, 5.74) is 2.24. The van der Waals surface area contributed by atoms with Crippen LogP contribution in [0.1, 0.15) is 23.8 Å². The predicted octanol–water partition coefficient (Wildman–Crippen LogP) is 4.93. The van der Waals surface area contributed by atoms with Gasteiger partial charge in [0.15, 0.2) is 0 Å². The smallest absolute Gasteiger partial charge is 0.268 e. The summed E-state index contributed by atoms with van der Waals surface area (Å²) in [6.45, 7) is 2.83. The third-order valence-corrected chi connectivity index (χ3v) is 6.08. The van der Waals surface area contributed by atoms with Crippen LogP contribution < -0.4 is 4.74 Å². The number of furan rings is 1. The Balaban J connectivity index is 1.60. The highest BCUT2D eigenvalue weighted by atomic mass is 32.2. The summed E-state index contributed by atoms with van der Waals surface area (Å²) in [7, 11) is 0. The fraction of sp³-hybridized carbons (Fsp3) is 0.200. The number of carbonyl (C=O) groups excluding carboxylic acids is 2. The molecule has 0 saturated carbocycles. The lowest BCUT2D eigenvalue weighted by atomic mass is 10.1. The molecule has 4 rings (SSSR count). The van der Waals surface area contributed by atoms with E-state index in [9.17, 15) is 9.59 Å². The van der Waals surface area contributed by atoms with Crippen molar-refractivity contribution in [1.82, 2.24) is 4.90 Å². The number of thioether (sulfide) groups is 1. The van der Waals surface area contributed by atoms with Gasteiger partial charge in [0, 0.05) is 6.54 Å². The minimum atomic E-state index is -0.257. The van der Waals surface area contributed by atoms with Crippen LogP contribution >= 0.6 is 11.8 Å². The number of imide groups is 1. The van der Waals surface area contributed by atoms with Crippen LogP contribution in [0.5, 0.6) is 5.75 Å². The van der Waals surface area contributed by atoms with Gasteiger partial charge in [0.25, 0.3) is 11.8 Å². The second-order valence-electron chi connectivity index (χ2n) is 7.03. The fourth-order valence-corrected chi connectivity index (χ4v) is 4.49. The zero-order chi connectivity index (χ0) is 21.6. The topological polar surface area (TPSA) is 59.8 Å². The largest absolute Gasteiger partial charge is 0.494 e. The Bertz CT molecular complexity index is 1070. The highest BCUT2D eigenvalue weighted by molar-refractivity contribution is 8.03. The third-order valence-electron chi connectivity index (χ3n) is 4.99. The van der Waals surface area contributed by atoms with E-state index in [0.29, 0.717) is 41.4 Å². The quantitative estimate of drug-likeness (QED) is 0.448. The van der Waals surface area contributed by atoms with Crippen LogP contribution in [0, 0.1) is 0 Å². The number of hydrogen-bond donors (Lipinski definition) is 0. The van der Waals surface area contributed by atoms with E-state index in [1.807, 2.05) is 73.7 Å². The molecule has 0 saturated heterocycles. The molecule has 158 valence electrons. The summed E-state index contributed by atoms with van der Waals surface area (Å²) >= 11 is 1.34. The maximum absolute atomic E-state index is 13.3. The van der Waals surface area contributed by atoms with Crippen molar-refractivity contribution in [3.63, 3.8) is 0 Å². The first kappa shape index (κ1) is 21.0. The number of benzene rings is 2. The normalized spacial score (nSPS) is 13.9. The molecule has 2 aromatic carbocycles. The Morgan fingerprint density at radius 1 is 0.935 bits per heavy atom. The number of carbonyl (C=O) groups is 2. The Morgan fingerprint density at radius 2 is 1.71 bits per heavy atom. The van der Waals surface area contributed by atoms with E-state index in [4.69, 9.17) is 9.15 Å². The van der Waals surface area contributed by atoms with Gasteiger partial charge >= 0.3 is 0 Å². The van der Waals surface area contributed by atoms with Crippen LogP contribution in [0.3, 0.4) is 0 Å². The summed E-state index contributed by atoms with van der Waals surface area (Å²) in [5.74, 6) is 1.46. The van der Waals surface area contributed by atoms with Crippen LogP contribution in [-0.2, 0) is 21.8 Å². The molecule has 2 amide bonds. The highest BCUT2D eigenvalue weighted by Crippen LogP contribution is 2.38. The molecule has 0 unspecified atom stereocenters. The maximum Gasteiger partial charge on any atom is 0.268 e. The molecule has 31 heavy (non-hydrogen) atoms. The van der Waals surface area contributed by atoms with Gasteiger partial charge in [-0.25, -0.2) is 0 Å². The molecule has 3 aromatic rings. The molecule has 5 nitrogen and oxygen atoms in total. The van der Waals surface area contributed by atoms with Gasteiger partial charge in [-0.15, -0.1) is 11.8 Å². The maximum atomic E-state index is 13.3. The van der Waals surface area contributed by atoms with Crippen molar-refractivity contribution in [3.05, 3.63) is 94.8 Å². The van der Waals surface area contributed by atoms with Gasteiger partial charge in [-0.1, -0.05) is 42.5 Å². The summed E-state index contributed by atoms with van der Waals surface area (Å²) in [6, 6.07) is 20.8. The predicted molar refractivity (Wildman–Crippen MR) is 121 cm³/mol. The fourth-order valence-electron chi connectivity index (χ4n) is 3.45. The molecule has 1 aromatic heterocycles. The number of hydrogen-bond acceptors (Lipinski definition) is 5. The van der Waals surface area contributed by atoms with Crippen LogP contribution in [0.2, 0.25) is 0 Å². The first-order valence-electron chi connectivity index (χ1n) is 10.2. The van der Waals surface area contributed by atoms with Crippen LogP contribution in [0.4, 0.5) is 0 Å². The first-order chi connectivity index (χ1) is 15.2. The Kier molecular flexibility index (Phi) is 6.57. The Hall–Kier alpha value is -3.25. The first-order valence-corrected chi connectivity index (χ1v) is 11.2. The molecule has 0 bridgehead atoms. The van der Waals surface area contributed by atoms with Gasteiger partial charge in [0.1, 0.15) is 11.5 Å². The molecule has 0 radical (unpaired) electrons. The molecular formula is C25H23NO4S. The molecule has 1 aliphatic rings. The van der Waals surface area contributed by atoms with Crippen LogP contribution in [0.15, 0.2) is 82.3 Å². The minimum absolute atomic E-state index is 0.249. The van der Waals surface area contributed by atoms with Gasteiger partial charge in [-0.05, 0) is 48.7 Å². The molecule has 0 aliphatic carbocycles. The highest BCUT2D eigenvalue weighted by Gasteiger charge is 2.39. The van der Waals surface area contributed by atoms with E-state index in [1.54, 1.807) is 6.26 Å². The Morgan fingerprint density at radius 3 is 2.39 bits per heavy atom. The zero-order valence-electron chi connectivity index (χ0n) is 17.2. The van der Waals surface area contributed by atoms with Crippen molar-refractivity contribution in [2.45, 2.75) is 19.1 Å². The van der Waals surface area contributed by atoms with Crippen molar-refractivity contribution in [1.29, 1.82) is 0 Å². The van der Waals surface area contributed by atoms with Crippen molar-refractivity contribution in [2.24, 2.45) is 0 Å². The van der Waals surface area contributed by atoms with Gasteiger partial charge in [0.2, 0.25) is 0 Å². The summed E-state index contributed by atoms with van der Waals surface area (Å²) in [6.07, 6.45) is 2.22. The summed E-state index contributed by atoms with van der Waals surface area (Å²) < 4.78 is 10.9. The second kappa shape index (κ2) is 9.71. The minimum Gasteiger partial charge on any atom is -0.494 e. The standard InChI is InChI=1S/C25H23NO4S/c1-2-29-20-12-10-19(11-13-20)22-23(31-17-21-9-6-16-30-21)25(28)26(24(22)27)15-14-18-7-4-3-5-8-18/h3-13,16H,2,14-15,17H2,1H3. The van der Waals surface area contributed by atoms with Gasteiger partial charge in [-0.3, -0.25) is 14.5 Å². The average Bonchev–Trinajstić information content (AvgIpc) is 3.39. The van der Waals surface area contributed by atoms with E-state index >= 15 is 0 Å². The lowest BCUT2D eigenvalue weighted by molar-refractivity contribution is -0.136. The van der Waals surface area contributed by atoms with Gasteiger partial charge < -0.3 is 9.15 Å². The van der Waals surface area contributed by atoms with Crippen molar-refractivity contribution in [2.75, 3.05) is 13.2 Å². The van der Waals surface area contributed by atoms with E-state index < -0.39 is 0 Å². The van der Waals surface area contributed by atoms with E-state index in [1.165, 1.54) is 16.7 Å². The Labute approximate surface area is 185 Å². The van der Waals surface area contributed by atoms with Crippen LogP contribution in [-0.4, -0.2) is 29.9 Å². The summed E-state index contributed by atoms with van der Waals surface area (Å²) in [4.78, 5) is 28.3. The summed E-state index contributed by atoms with van der Waals surface area (Å²) in [5, 5.41) is 0. The van der Waals surface area contributed by atoms with Crippen molar-refractivity contribution >= 4 is 29.1 Å². The van der Waals surface area contributed by atoms with Gasteiger partial charge in [-0.2, -0.15) is 0 Å². The molecule has 2 heterocycles. The van der Waals surface area contributed by atoms with E-state index in [0.717, 1.165) is 17.1 Å².